The van der Waals surface area contributed by atoms with Crippen LogP contribution >= 0.6 is 0 Å². The molecule has 0 spiro atoms. The Morgan fingerprint density at radius 1 is 0.939 bits per heavy atom. The molecule has 4 nitrogen and oxygen atoms in total. The molecule has 4 heteroatoms. The van der Waals surface area contributed by atoms with Crippen molar-refractivity contribution in [3.63, 3.8) is 0 Å². The normalized spacial score (nSPS) is 46.2. The molecule has 0 heterocycles. The van der Waals surface area contributed by atoms with Crippen LogP contribution in [0, 0.1) is 52.3 Å². The van der Waals surface area contributed by atoms with Crippen LogP contribution in [0.5, 0.6) is 0 Å². The van der Waals surface area contributed by atoms with E-state index in [9.17, 15) is 9.59 Å². The fourth-order valence-corrected chi connectivity index (χ4v) is 9.70. The van der Waals surface area contributed by atoms with Gasteiger partial charge in [0, 0.05) is 0 Å². The Hall–Kier alpha value is -1.32. The van der Waals surface area contributed by atoms with Crippen molar-refractivity contribution in [2.45, 2.75) is 91.9 Å². The molecule has 0 saturated heterocycles. The average Bonchev–Trinajstić information content (AvgIpc) is 3.11. The van der Waals surface area contributed by atoms with E-state index in [4.69, 9.17) is 9.47 Å². The summed E-state index contributed by atoms with van der Waals surface area (Å²) in [5.74, 6) is 2.08. The molecule has 0 aromatic rings. The largest absolute Gasteiger partial charge is 0.466 e. The van der Waals surface area contributed by atoms with E-state index in [2.05, 4.69) is 19.9 Å². The average molecular weight is 457 g/mol. The topological polar surface area (TPSA) is 52.6 Å². The van der Waals surface area contributed by atoms with Crippen LogP contribution < -0.4 is 0 Å². The molecule has 5 aliphatic rings. The zero-order chi connectivity index (χ0) is 23.4. The van der Waals surface area contributed by atoms with Crippen LogP contribution in [-0.4, -0.2) is 25.2 Å². The third kappa shape index (κ3) is 3.52. The molecule has 9 atom stereocenters. The first-order valence-electron chi connectivity index (χ1n) is 13.9. The Kier molecular flexibility index (Phi) is 6.19. The van der Waals surface area contributed by atoms with E-state index < -0.39 is 5.92 Å². The molecule has 0 unspecified atom stereocenters. The molecule has 0 aliphatic heterocycles. The predicted octanol–water partition coefficient (Wildman–Crippen LogP) is 6.33. The van der Waals surface area contributed by atoms with Gasteiger partial charge in [-0.1, -0.05) is 38.3 Å². The van der Waals surface area contributed by atoms with Gasteiger partial charge < -0.3 is 9.47 Å². The monoisotopic (exact) mass is 456 g/mol. The van der Waals surface area contributed by atoms with Crippen LogP contribution in [0.2, 0.25) is 0 Å². The van der Waals surface area contributed by atoms with Crippen molar-refractivity contribution < 1.29 is 19.1 Å². The lowest BCUT2D eigenvalue weighted by molar-refractivity contribution is -0.162. The van der Waals surface area contributed by atoms with Crippen molar-refractivity contribution in [3.8, 4) is 0 Å². The highest BCUT2D eigenvalue weighted by Crippen LogP contribution is 2.70. The lowest BCUT2D eigenvalue weighted by Crippen LogP contribution is -2.52. The highest BCUT2D eigenvalue weighted by molar-refractivity contribution is 5.83. The maximum Gasteiger partial charge on any atom is 0.310 e. The van der Waals surface area contributed by atoms with E-state index in [1.54, 1.807) is 0 Å². The third-order valence-electron chi connectivity index (χ3n) is 11.1. The van der Waals surface area contributed by atoms with Gasteiger partial charge in [-0.2, -0.15) is 0 Å². The number of hydrogen-bond acceptors (Lipinski definition) is 4. The predicted molar refractivity (Wildman–Crippen MR) is 128 cm³/mol. The minimum Gasteiger partial charge on any atom is -0.466 e. The fourth-order valence-electron chi connectivity index (χ4n) is 9.70. The molecule has 184 valence electrons. The molecular formula is C29H44O4. The van der Waals surface area contributed by atoms with Crippen LogP contribution in [0.1, 0.15) is 91.9 Å². The first kappa shape index (κ1) is 23.4. The number of fused-ring (bicyclic) bond motifs is 7. The molecule has 33 heavy (non-hydrogen) atoms. The molecule has 0 bridgehead atoms. The first-order chi connectivity index (χ1) is 15.8. The van der Waals surface area contributed by atoms with Crippen molar-refractivity contribution in [1.29, 1.82) is 0 Å². The number of carbonyl (C=O) groups is 2. The molecule has 0 aromatic carbocycles. The van der Waals surface area contributed by atoms with Gasteiger partial charge in [-0.15, -0.1) is 0 Å². The summed E-state index contributed by atoms with van der Waals surface area (Å²) in [7, 11) is 0. The summed E-state index contributed by atoms with van der Waals surface area (Å²) < 4.78 is 11.0. The Balaban J connectivity index is 1.47. The molecule has 0 N–H and O–H groups in total. The maximum absolute atomic E-state index is 13.2. The van der Waals surface area contributed by atoms with Gasteiger partial charge in [0.05, 0.1) is 25.0 Å². The SMILES string of the molecule is CCOC(=O)[C@H]1[C@@H]2C[C@H]3[C@@H]4CC[C@H]5CCCC[C@]5(C)[C@H]4CC[C@]3(C)C2=CC[C@H]1C(=O)OCC. The van der Waals surface area contributed by atoms with Crippen molar-refractivity contribution in [3.05, 3.63) is 11.6 Å². The number of esters is 2. The van der Waals surface area contributed by atoms with Crippen molar-refractivity contribution in [2.75, 3.05) is 13.2 Å². The second-order valence-corrected chi connectivity index (χ2v) is 12.2. The van der Waals surface area contributed by atoms with Crippen molar-refractivity contribution >= 4 is 11.9 Å². The summed E-state index contributed by atoms with van der Waals surface area (Å²) in [6.45, 7) is 9.53. The van der Waals surface area contributed by atoms with Crippen LogP contribution in [0.25, 0.3) is 0 Å². The van der Waals surface area contributed by atoms with E-state index in [1.165, 1.54) is 56.9 Å². The smallest absolute Gasteiger partial charge is 0.310 e. The van der Waals surface area contributed by atoms with Gasteiger partial charge in [-0.05, 0) is 106 Å². The first-order valence-corrected chi connectivity index (χ1v) is 13.9. The highest BCUT2D eigenvalue weighted by Gasteiger charge is 2.63. The summed E-state index contributed by atoms with van der Waals surface area (Å²) in [5, 5.41) is 0. The summed E-state index contributed by atoms with van der Waals surface area (Å²) in [5.41, 5.74) is 2.16. The summed E-state index contributed by atoms with van der Waals surface area (Å²) in [6.07, 6.45) is 15.0. The zero-order valence-electron chi connectivity index (χ0n) is 21.2. The minimum atomic E-state index is -0.399. The van der Waals surface area contributed by atoms with Crippen molar-refractivity contribution in [1.82, 2.24) is 0 Å². The number of hydrogen-bond donors (Lipinski definition) is 0. The van der Waals surface area contributed by atoms with Crippen LogP contribution in [0.4, 0.5) is 0 Å². The standard InChI is InChI=1S/C29H44O4/c1-5-32-26(30)20-12-13-22-21(25(20)27(31)33-6-2)17-24-19-11-10-18-9-7-8-15-28(18,3)23(19)14-16-29(22,24)4/h13,18-21,23-25H,5-12,14-17H2,1-4H3/t18-,19-,20-,21-,23+,24+,25-,28+,29-/m1/s1. The van der Waals surface area contributed by atoms with Gasteiger partial charge >= 0.3 is 11.9 Å². The van der Waals surface area contributed by atoms with Gasteiger partial charge in [0.2, 0.25) is 0 Å². The Morgan fingerprint density at radius 2 is 1.70 bits per heavy atom. The van der Waals surface area contributed by atoms with Crippen LogP contribution in [-0.2, 0) is 19.1 Å². The molecule has 4 saturated carbocycles. The van der Waals surface area contributed by atoms with Gasteiger partial charge in [0.15, 0.2) is 0 Å². The Bertz CT molecular complexity index is 816. The van der Waals surface area contributed by atoms with Crippen molar-refractivity contribution in [2.24, 2.45) is 52.3 Å². The maximum atomic E-state index is 13.2. The highest BCUT2D eigenvalue weighted by atomic mass is 16.5. The van der Waals surface area contributed by atoms with E-state index in [0.29, 0.717) is 31.0 Å². The molecule has 0 amide bonds. The van der Waals surface area contributed by atoms with Crippen LogP contribution in [0.3, 0.4) is 0 Å². The fraction of sp³-hybridized carbons (Fsp3) is 0.862. The number of rotatable bonds is 4. The lowest BCUT2D eigenvalue weighted by Gasteiger charge is -2.60. The summed E-state index contributed by atoms with van der Waals surface area (Å²) in [4.78, 5) is 26.1. The molecular weight excluding hydrogens is 412 g/mol. The second kappa shape index (κ2) is 8.72. The van der Waals surface area contributed by atoms with Gasteiger partial charge in [0.25, 0.3) is 0 Å². The quantitative estimate of drug-likeness (QED) is 0.366. The lowest BCUT2D eigenvalue weighted by atomic mass is 9.45. The number of ether oxygens (including phenoxy) is 2. The number of carbonyl (C=O) groups excluding carboxylic acids is 2. The van der Waals surface area contributed by atoms with E-state index in [-0.39, 0.29) is 29.2 Å². The molecule has 5 rings (SSSR count). The van der Waals surface area contributed by atoms with Gasteiger partial charge in [-0.3, -0.25) is 9.59 Å². The van der Waals surface area contributed by atoms with E-state index in [0.717, 1.165) is 24.2 Å². The number of allylic oxidation sites excluding steroid dienone is 2. The molecule has 5 aliphatic carbocycles. The van der Waals surface area contributed by atoms with E-state index >= 15 is 0 Å². The molecule has 0 aromatic heterocycles. The van der Waals surface area contributed by atoms with Crippen LogP contribution in [0.15, 0.2) is 11.6 Å². The minimum absolute atomic E-state index is 0.137. The second-order valence-electron chi connectivity index (χ2n) is 12.2. The summed E-state index contributed by atoms with van der Waals surface area (Å²) in [6, 6.07) is 0. The zero-order valence-corrected chi connectivity index (χ0v) is 21.2. The molecule has 4 fully saturated rings. The Morgan fingerprint density at radius 3 is 2.45 bits per heavy atom. The molecule has 0 radical (unpaired) electrons. The summed E-state index contributed by atoms with van der Waals surface area (Å²) >= 11 is 0. The van der Waals surface area contributed by atoms with Gasteiger partial charge in [-0.25, -0.2) is 0 Å². The third-order valence-corrected chi connectivity index (χ3v) is 11.1. The Labute approximate surface area is 200 Å². The van der Waals surface area contributed by atoms with Gasteiger partial charge in [0.1, 0.15) is 0 Å². The van der Waals surface area contributed by atoms with E-state index in [1.807, 2.05) is 13.8 Å².